The van der Waals surface area contributed by atoms with Gasteiger partial charge in [-0.25, -0.2) is 9.37 Å². The van der Waals surface area contributed by atoms with Crippen molar-refractivity contribution >= 4 is 17.7 Å². The average molecular weight is 354 g/mol. The minimum absolute atomic E-state index is 0.198. The summed E-state index contributed by atoms with van der Waals surface area (Å²) < 4.78 is 13.0. The number of H-pyrrole nitrogens is 1. The maximum absolute atomic E-state index is 13.0. The number of hydrogen-bond acceptors (Lipinski definition) is 5. The normalized spacial score (nSPS) is 11.8. The summed E-state index contributed by atoms with van der Waals surface area (Å²) in [6, 6.07) is 10.1. The van der Waals surface area contributed by atoms with Crippen molar-refractivity contribution in [3.05, 3.63) is 54.0 Å². The highest BCUT2D eigenvalue weighted by Gasteiger charge is 2.09. The van der Waals surface area contributed by atoms with Crippen molar-refractivity contribution in [1.29, 1.82) is 0 Å². The number of hydrogen-bond donors (Lipinski definition) is 3. The van der Waals surface area contributed by atoms with Crippen molar-refractivity contribution in [2.24, 2.45) is 0 Å². The van der Waals surface area contributed by atoms with Gasteiger partial charge < -0.3 is 10.3 Å². The Morgan fingerprint density at radius 3 is 2.58 bits per heavy atom. The van der Waals surface area contributed by atoms with Crippen LogP contribution in [0.1, 0.15) is 25.3 Å². The SMILES string of the molecule is CC(=O)Nc1nc(-c2ccc(NCC(C)c3ccc(F)cc3)nn2)c[nH]1. The fourth-order valence-electron chi connectivity index (χ4n) is 2.41. The lowest BCUT2D eigenvalue weighted by atomic mass is 10.0. The summed E-state index contributed by atoms with van der Waals surface area (Å²) in [5.74, 6) is 0.760. The molecule has 1 atom stereocenters. The summed E-state index contributed by atoms with van der Waals surface area (Å²) >= 11 is 0. The number of imidazole rings is 1. The third kappa shape index (κ3) is 4.41. The molecular weight excluding hydrogens is 335 g/mol. The number of nitrogens with one attached hydrogen (secondary N) is 3. The summed E-state index contributed by atoms with van der Waals surface area (Å²) in [5.41, 5.74) is 2.23. The molecule has 0 radical (unpaired) electrons. The summed E-state index contributed by atoms with van der Waals surface area (Å²) in [6.45, 7) is 4.11. The minimum atomic E-state index is -0.240. The van der Waals surface area contributed by atoms with Crippen LogP contribution in [0.3, 0.4) is 0 Å². The quantitative estimate of drug-likeness (QED) is 0.632. The number of carbonyl (C=O) groups is 1. The Balaban J connectivity index is 1.60. The minimum Gasteiger partial charge on any atom is -0.368 e. The van der Waals surface area contributed by atoms with E-state index in [0.29, 0.717) is 29.7 Å². The second-order valence-electron chi connectivity index (χ2n) is 5.95. The molecule has 1 aromatic carbocycles. The van der Waals surface area contributed by atoms with Gasteiger partial charge in [0.05, 0.1) is 0 Å². The van der Waals surface area contributed by atoms with E-state index >= 15 is 0 Å². The first-order valence-corrected chi connectivity index (χ1v) is 8.17. The molecule has 2 heterocycles. The van der Waals surface area contributed by atoms with Crippen molar-refractivity contribution in [3.8, 4) is 11.4 Å². The Morgan fingerprint density at radius 1 is 1.15 bits per heavy atom. The third-order valence-electron chi connectivity index (χ3n) is 3.83. The van der Waals surface area contributed by atoms with Gasteiger partial charge >= 0.3 is 0 Å². The summed E-state index contributed by atoms with van der Waals surface area (Å²) in [7, 11) is 0. The van der Waals surface area contributed by atoms with Crippen molar-refractivity contribution < 1.29 is 9.18 Å². The van der Waals surface area contributed by atoms with Crippen LogP contribution in [0.5, 0.6) is 0 Å². The lowest BCUT2D eigenvalue weighted by Gasteiger charge is -2.13. The molecule has 8 heteroatoms. The third-order valence-corrected chi connectivity index (χ3v) is 3.83. The van der Waals surface area contributed by atoms with E-state index in [1.54, 1.807) is 24.4 Å². The molecule has 7 nitrogen and oxygen atoms in total. The van der Waals surface area contributed by atoms with Crippen LogP contribution in [0.4, 0.5) is 16.2 Å². The highest BCUT2D eigenvalue weighted by atomic mass is 19.1. The maximum Gasteiger partial charge on any atom is 0.223 e. The van der Waals surface area contributed by atoms with Crippen LogP contribution < -0.4 is 10.6 Å². The number of halogens is 1. The van der Waals surface area contributed by atoms with E-state index in [-0.39, 0.29) is 17.6 Å². The number of nitrogens with zero attached hydrogens (tertiary/aromatic N) is 3. The first kappa shape index (κ1) is 17.5. The lowest BCUT2D eigenvalue weighted by molar-refractivity contribution is -0.114. The standard InChI is InChI=1S/C18H19FN6O/c1-11(13-3-5-14(19)6-4-13)9-20-17-8-7-15(24-25-17)16-10-21-18(23-16)22-12(2)26/h3-8,10-11H,9H2,1-2H3,(H,20,25)(H2,21,22,23,26). The number of benzene rings is 1. The van der Waals surface area contributed by atoms with Crippen LogP contribution >= 0.6 is 0 Å². The van der Waals surface area contributed by atoms with E-state index in [0.717, 1.165) is 5.56 Å². The molecule has 3 aromatic rings. The molecule has 1 unspecified atom stereocenters. The summed E-state index contributed by atoms with van der Waals surface area (Å²) in [4.78, 5) is 18.1. The van der Waals surface area contributed by atoms with Gasteiger partial charge in [-0.05, 0) is 35.7 Å². The molecule has 134 valence electrons. The lowest BCUT2D eigenvalue weighted by Crippen LogP contribution is -2.11. The molecule has 0 aliphatic rings. The number of amides is 1. The van der Waals surface area contributed by atoms with Gasteiger partial charge in [-0.1, -0.05) is 19.1 Å². The fourth-order valence-corrected chi connectivity index (χ4v) is 2.41. The highest BCUT2D eigenvalue weighted by Crippen LogP contribution is 2.18. The van der Waals surface area contributed by atoms with Crippen LogP contribution in [0.15, 0.2) is 42.6 Å². The number of anilines is 2. The predicted octanol–water partition coefficient (Wildman–Crippen LogP) is 3.18. The van der Waals surface area contributed by atoms with E-state index in [1.807, 2.05) is 6.07 Å². The monoisotopic (exact) mass is 354 g/mol. The molecule has 0 saturated carbocycles. The van der Waals surface area contributed by atoms with Gasteiger partial charge in [-0.2, -0.15) is 0 Å². The average Bonchev–Trinajstić information content (AvgIpc) is 3.08. The van der Waals surface area contributed by atoms with Gasteiger partial charge in [-0.3, -0.25) is 10.1 Å². The van der Waals surface area contributed by atoms with Gasteiger partial charge in [0.15, 0.2) is 0 Å². The number of aromatic nitrogens is 4. The van der Waals surface area contributed by atoms with Crippen molar-refractivity contribution in [3.63, 3.8) is 0 Å². The smallest absolute Gasteiger partial charge is 0.223 e. The maximum atomic E-state index is 13.0. The largest absolute Gasteiger partial charge is 0.368 e. The zero-order valence-corrected chi connectivity index (χ0v) is 14.5. The molecule has 0 bridgehead atoms. The van der Waals surface area contributed by atoms with E-state index in [4.69, 9.17) is 0 Å². The van der Waals surface area contributed by atoms with E-state index in [1.165, 1.54) is 19.1 Å². The first-order valence-electron chi connectivity index (χ1n) is 8.17. The number of rotatable bonds is 6. The molecule has 0 aliphatic heterocycles. The first-order chi connectivity index (χ1) is 12.5. The Labute approximate surface area is 150 Å². The topological polar surface area (TPSA) is 95.6 Å². The van der Waals surface area contributed by atoms with Crippen LogP contribution in [0.2, 0.25) is 0 Å². The Hall–Kier alpha value is -3.29. The molecule has 0 aliphatic carbocycles. The van der Waals surface area contributed by atoms with E-state index in [2.05, 4.69) is 37.7 Å². The molecule has 1 amide bonds. The molecule has 3 rings (SSSR count). The van der Waals surface area contributed by atoms with Gasteiger partial charge in [0.2, 0.25) is 11.9 Å². The molecule has 0 spiro atoms. The zero-order chi connectivity index (χ0) is 18.5. The van der Waals surface area contributed by atoms with Gasteiger partial charge in [0, 0.05) is 19.7 Å². The van der Waals surface area contributed by atoms with Crippen LogP contribution in [0.25, 0.3) is 11.4 Å². The number of carbonyl (C=O) groups excluding carboxylic acids is 1. The second-order valence-corrected chi connectivity index (χ2v) is 5.95. The van der Waals surface area contributed by atoms with Gasteiger partial charge in [-0.15, -0.1) is 10.2 Å². The summed E-state index contributed by atoms with van der Waals surface area (Å²) in [6.07, 6.45) is 1.65. The van der Waals surface area contributed by atoms with Crippen LogP contribution in [-0.4, -0.2) is 32.6 Å². The van der Waals surface area contributed by atoms with Crippen molar-refractivity contribution in [2.45, 2.75) is 19.8 Å². The van der Waals surface area contributed by atoms with Gasteiger partial charge in [0.25, 0.3) is 0 Å². The Bertz CT molecular complexity index is 875. The molecule has 3 N–H and O–H groups in total. The zero-order valence-electron chi connectivity index (χ0n) is 14.5. The summed E-state index contributed by atoms with van der Waals surface area (Å²) in [5, 5.41) is 14.1. The Kier molecular flexibility index (Phi) is 5.21. The molecule has 0 saturated heterocycles. The highest BCUT2D eigenvalue weighted by molar-refractivity contribution is 5.87. The molecular formula is C18H19FN6O. The molecule has 0 fully saturated rings. The Morgan fingerprint density at radius 2 is 1.92 bits per heavy atom. The van der Waals surface area contributed by atoms with Crippen molar-refractivity contribution in [1.82, 2.24) is 20.2 Å². The van der Waals surface area contributed by atoms with Gasteiger partial charge in [0.1, 0.15) is 23.0 Å². The van der Waals surface area contributed by atoms with E-state index in [9.17, 15) is 9.18 Å². The fraction of sp³-hybridized carbons (Fsp3) is 0.222. The second kappa shape index (κ2) is 7.73. The molecule has 2 aromatic heterocycles. The van der Waals surface area contributed by atoms with E-state index < -0.39 is 0 Å². The van der Waals surface area contributed by atoms with Crippen molar-refractivity contribution in [2.75, 3.05) is 17.2 Å². The predicted molar refractivity (Wildman–Crippen MR) is 97.2 cm³/mol. The van der Waals surface area contributed by atoms with Crippen LogP contribution in [0, 0.1) is 5.82 Å². The molecule has 26 heavy (non-hydrogen) atoms. The number of aromatic amines is 1. The van der Waals surface area contributed by atoms with Crippen LogP contribution in [-0.2, 0) is 4.79 Å².